The van der Waals surface area contributed by atoms with Gasteiger partial charge in [0.05, 0.1) is 12.3 Å². The molecule has 1 heterocycles. The predicted octanol–water partition coefficient (Wildman–Crippen LogP) is -0.150. The van der Waals surface area contributed by atoms with Gasteiger partial charge in [0, 0.05) is 17.6 Å². The first-order chi connectivity index (χ1) is 6.90. The lowest BCUT2D eigenvalue weighted by Crippen LogP contribution is -2.06. The lowest BCUT2D eigenvalue weighted by Gasteiger charge is -2.08. The van der Waals surface area contributed by atoms with E-state index in [1.165, 1.54) is 12.5 Å². The zero-order valence-corrected chi connectivity index (χ0v) is 9.29. The van der Waals surface area contributed by atoms with Crippen LogP contribution in [-0.4, -0.2) is 35.7 Å². The average molecular weight is 233 g/mol. The number of nitrogens with zero attached hydrogens (tertiary/aromatic N) is 1. The summed E-state index contributed by atoms with van der Waals surface area (Å²) in [4.78, 5) is 0. The van der Waals surface area contributed by atoms with Gasteiger partial charge >= 0.3 is 0 Å². The van der Waals surface area contributed by atoms with Crippen LogP contribution in [0.2, 0.25) is 0 Å². The van der Waals surface area contributed by atoms with E-state index in [2.05, 4.69) is 10.2 Å². The fraction of sp³-hybridized carbons (Fsp3) is 0.625. The second-order valence-electron chi connectivity index (χ2n) is 3.53. The van der Waals surface area contributed by atoms with Gasteiger partial charge in [-0.15, -0.1) is 0 Å². The molecule has 0 aliphatic heterocycles. The van der Waals surface area contributed by atoms with E-state index in [9.17, 15) is 13.5 Å². The van der Waals surface area contributed by atoms with E-state index in [-0.39, 0.29) is 5.75 Å². The highest BCUT2D eigenvalue weighted by atomic mass is 32.2. The molecule has 86 valence electrons. The number of sulfone groups is 1. The van der Waals surface area contributed by atoms with Crippen molar-refractivity contribution < 1.29 is 13.5 Å². The van der Waals surface area contributed by atoms with Crippen molar-refractivity contribution in [2.24, 2.45) is 0 Å². The Bertz CT molecular complexity index is 413. The van der Waals surface area contributed by atoms with Gasteiger partial charge in [-0.2, -0.15) is 5.10 Å². The number of hydrogen-bond acceptors (Lipinski definition) is 5. The maximum Gasteiger partial charge on any atom is 0.147 e. The van der Waals surface area contributed by atoms with Crippen LogP contribution >= 0.6 is 0 Å². The Morgan fingerprint density at radius 1 is 1.67 bits per heavy atom. The van der Waals surface area contributed by atoms with E-state index in [1.807, 2.05) is 0 Å². The van der Waals surface area contributed by atoms with Gasteiger partial charge in [0.2, 0.25) is 0 Å². The molecule has 1 rings (SSSR count). The molecule has 0 bridgehead atoms. The van der Waals surface area contributed by atoms with Crippen molar-refractivity contribution in [3.05, 3.63) is 11.8 Å². The minimum absolute atomic E-state index is 0.0712. The summed E-state index contributed by atoms with van der Waals surface area (Å²) in [6.45, 7) is 0. The molecule has 1 aromatic heterocycles. The molecule has 0 aromatic carbocycles. The SMILES string of the molecule is CS(=O)(=O)CCCC(O)c1cn[nH]c1N. The van der Waals surface area contributed by atoms with Gasteiger partial charge < -0.3 is 10.8 Å². The molecule has 0 fully saturated rings. The standard InChI is InChI=1S/C8H15N3O3S/c1-15(13,14)4-2-3-7(12)6-5-10-11-8(6)9/h5,7,12H,2-4H2,1H3,(H3,9,10,11). The van der Waals surface area contributed by atoms with E-state index in [1.54, 1.807) is 0 Å². The summed E-state index contributed by atoms with van der Waals surface area (Å²) in [6.07, 6.45) is 2.62. The van der Waals surface area contributed by atoms with Crippen LogP contribution in [-0.2, 0) is 9.84 Å². The van der Waals surface area contributed by atoms with Crippen LogP contribution in [0.4, 0.5) is 5.82 Å². The highest BCUT2D eigenvalue weighted by Crippen LogP contribution is 2.21. The number of aliphatic hydroxyl groups excluding tert-OH is 1. The first-order valence-corrected chi connectivity index (χ1v) is 6.61. The topological polar surface area (TPSA) is 109 Å². The molecule has 1 unspecified atom stereocenters. The van der Waals surface area contributed by atoms with E-state index in [0.29, 0.717) is 24.2 Å². The summed E-state index contributed by atoms with van der Waals surface area (Å²) in [5.74, 6) is 0.392. The summed E-state index contributed by atoms with van der Waals surface area (Å²) in [7, 11) is -2.96. The highest BCUT2D eigenvalue weighted by molar-refractivity contribution is 7.90. The summed E-state index contributed by atoms with van der Waals surface area (Å²) in [5, 5.41) is 15.8. The van der Waals surface area contributed by atoms with Gasteiger partial charge in [0.15, 0.2) is 0 Å². The number of anilines is 1. The largest absolute Gasteiger partial charge is 0.388 e. The first-order valence-electron chi connectivity index (χ1n) is 4.54. The minimum Gasteiger partial charge on any atom is -0.388 e. The van der Waals surface area contributed by atoms with Gasteiger partial charge in [0.25, 0.3) is 0 Å². The van der Waals surface area contributed by atoms with Crippen molar-refractivity contribution in [2.75, 3.05) is 17.7 Å². The number of aromatic amines is 1. The molecule has 4 N–H and O–H groups in total. The van der Waals surface area contributed by atoms with Crippen molar-refractivity contribution in [3.63, 3.8) is 0 Å². The Hall–Kier alpha value is -1.08. The van der Waals surface area contributed by atoms with Gasteiger partial charge in [-0.3, -0.25) is 5.10 Å². The maximum atomic E-state index is 10.8. The highest BCUT2D eigenvalue weighted by Gasteiger charge is 2.13. The predicted molar refractivity (Wildman–Crippen MR) is 56.9 cm³/mol. The third kappa shape index (κ3) is 3.88. The van der Waals surface area contributed by atoms with Crippen LogP contribution in [0.15, 0.2) is 6.20 Å². The number of rotatable bonds is 5. The maximum absolute atomic E-state index is 10.8. The smallest absolute Gasteiger partial charge is 0.147 e. The molecule has 0 aliphatic rings. The molecule has 15 heavy (non-hydrogen) atoms. The van der Waals surface area contributed by atoms with E-state index < -0.39 is 15.9 Å². The number of H-pyrrole nitrogens is 1. The zero-order chi connectivity index (χ0) is 11.5. The Balaban J connectivity index is 2.44. The molecule has 6 nitrogen and oxygen atoms in total. The van der Waals surface area contributed by atoms with Crippen LogP contribution in [0.1, 0.15) is 24.5 Å². The molecule has 0 amide bonds. The summed E-state index contributed by atoms with van der Waals surface area (Å²) < 4.78 is 21.7. The Morgan fingerprint density at radius 2 is 2.33 bits per heavy atom. The van der Waals surface area contributed by atoms with Gasteiger partial charge in [-0.25, -0.2) is 8.42 Å². The molecule has 1 atom stereocenters. The van der Waals surface area contributed by atoms with E-state index in [4.69, 9.17) is 5.73 Å². The quantitative estimate of drug-likeness (QED) is 0.655. The normalized spacial score (nSPS) is 14.0. The van der Waals surface area contributed by atoms with Crippen LogP contribution in [0.25, 0.3) is 0 Å². The fourth-order valence-electron chi connectivity index (χ4n) is 1.27. The third-order valence-electron chi connectivity index (χ3n) is 2.05. The number of aliphatic hydroxyl groups is 1. The van der Waals surface area contributed by atoms with Crippen LogP contribution in [0, 0.1) is 0 Å². The Labute approximate surface area is 88.4 Å². The first kappa shape index (κ1) is 12.0. The average Bonchev–Trinajstić information content (AvgIpc) is 2.48. The summed E-state index contributed by atoms with van der Waals surface area (Å²) in [5.41, 5.74) is 6.02. The number of hydrogen-bond donors (Lipinski definition) is 3. The molecule has 1 aromatic rings. The van der Waals surface area contributed by atoms with E-state index in [0.717, 1.165) is 0 Å². The van der Waals surface area contributed by atoms with Crippen molar-refractivity contribution in [1.82, 2.24) is 10.2 Å². The van der Waals surface area contributed by atoms with Gasteiger partial charge in [-0.1, -0.05) is 0 Å². The Kier molecular flexibility index (Phi) is 3.70. The third-order valence-corrected chi connectivity index (χ3v) is 3.08. The molecule has 0 spiro atoms. The molecule has 0 saturated carbocycles. The summed E-state index contributed by atoms with van der Waals surface area (Å²) >= 11 is 0. The molecule has 0 radical (unpaired) electrons. The lowest BCUT2D eigenvalue weighted by molar-refractivity contribution is 0.167. The number of nitrogen functional groups attached to an aromatic ring is 1. The van der Waals surface area contributed by atoms with Crippen molar-refractivity contribution in [1.29, 1.82) is 0 Å². The monoisotopic (exact) mass is 233 g/mol. The Morgan fingerprint density at radius 3 is 2.80 bits per heavy atom. The van der Waals surface area contributed by atoms with Gasteiger partial charge in [0.1, 0.15) is 15.7 Å². The van der Waals surface area contributed by atoms with Crippen LogP contribution in [0.3, 0.4) is 0 Å². The second-order valence-corrected chi connectivity index (χ2v) is 5.79. The lowest BCUT2D eigenvalue weighted by atomic mass is 10.1. The number of aromatic nitrogens is 2. The van der Waals surface area contributed by atoms with Crippen molar-refractivity contribution >= 4 is 15.7 Å². The van der Waals surface area contributed by atoms with Crippen molar-refractivity contribution in [2.45, 2.75) is 18.9 Å². The molecule has 0 saturated heterocycles. The molecule has 0 aliphatic carbocycles. The molecular weight excluding hydrogens is 218 g/mol. The van der Waals surface area contributed by atoms with E-state index >= 15 is 0 Å². The number of nitrogens with two attached hydrogens (primary N) is 1. The van der Waals surface area contributed by atoms with Crippen LogP contribution in [0.5, 0.6) is 0 Å². The molecule has 7 heteroatoms. The zero-order valence-electron chi connectivity index (χ0n) is 8.47. The van der Waals surface area contributed by atoms with Crippen LogP contribution < -0.4 is 5.73 Å². The fourth-order valence-corrected chi connectivity index (χ4v) is 1.96. The molecular formula is C8H15N3O3S. The van der Waals surface area contributed by atoms with Crippen molar-refractivity contribution in [3.8, 4) is 0 Å². The number of nitrogens with one attached hydrogen (secondary N) is 1. The van der Waals surface area contributed by atoms with Gasteiger partial charge in [-0.05, 0) is 12.8 Å². The summed E-state index contributed by atoms with van der Waals surface area (Å²) in [6, 6.07) is 0. The second kappa shape index (κ2) is 4.63. The minimum atomic E-state index is -2.96.